The van der Waals surface area contributed by atoms with E-state index < -0.39 is 0 Å². The molecule has 2 aromatic rings. The topological polar surface area (TPSA) is 104 Å². The molecule has 1 unspecified atom stereocenters. The van der Waals surface area contributed by atoms with Crippen LogP contribution in [0.4, 0.5) is 0 Å². The summed E-state index contributed by atoms with van der Waals surface area (Å²) in [5.74, 6) is 1.46. The lowest BCUT2D eigenvalue weighted by Crippen LogP contribution is -2.36. The van der Waals surface area contributed by atoms with Gasteiger partial charge in [-0.2, -0.15) is 5.10 Å². The minimum Gasteiger partial charge on any atom is -0.402 e. The second-order valence-corrected chi connectivity index (χ2v) is 9.67. The molecule has 0 aliphatic carbocycles. The Kier molecular flexibility index (Phi) is 9.80. The molecule has 6 N–H and O–H groups in total. The average Bonchev–Trinajstić information content (AvgIpc) is 3.26. The number of hydrazone groups is 1. The van der Waals surface area contributed by atoms with Gasteiger partial charge in [0.2, 0.25) is 5.96 Å². The molecule has 0 aromatic heterocycles. The normalized spacial score (nSPS) is 16.8. The highest BCUT2D eigenvalue weighted by Crippen LogP contribution is 2.29. The fraction of sp³-hybridized carbons (Fsp3) is 0.304. The van der Waals surface area contributed by atoms with Crippen LogP contribution in [0.25, 0.3) is 0 Å². The van der Waals surface area contributed by atoms with Crippen LogP contribution < -0.4 is 20.9 Å². The lowest BCUT2D eigenvalue weighted by atomic mass is 9.91. The number of nitrogens with two attached hydrogens (primary N) is 2. The van der Waals surface area contributed by atoms with Gasteiger partial charge in [-0.15, -0.1) is 0 Å². The molecule has 1 atom stereocenters. The van der Waals surface area contributed by atoms with E-state index in [2.05, 4.69) is 48.2 Å². The number of guanidine groups is 1. The first-order valence-corrected chi connectivity index (χ1v) is 12.9. The Morgan fingerprint density at radius 3 is 2.61 bits per heavy atom. The number of nitrogens with zero attached hydrogens (tertiary/aromatic N) is 3. The van der Waals surface area contributed by atoms with Gasteiger partial charge in [0, 0.05) is 40.9 Å². The quantitative estimate of drug-likeness (QED) is 0.177. The zero-order valence-corrected chi connectivity index (χ0v) is 21.1. The summed E-state index contributed by atoms with van der Waals surface area (Å²) in [6.07, 6.45) is 1.55. The summed E-state index contributed by atoms with van der Waals surface area (Å²) in [5.41, 5.74) is 8.99. The van der Waals surface area contributed by atoms with Gasteiger partial charge in [0.05, 0.1) is 18.8 Å². The third kappa shape index (κ3) is 7.33. The summed E-state index contributed by atoms with van der Waals surface area (Å²) in [5, 5.41) is 17.3. The minimum absolute atomic E-state index is 0.0894. The maximum absolute atomic E-state index is 6.13. The number of aliphatic imine (C=N–C) groups is 1. The molecule has 0 fully saturated rings. The number of rotatable bonds is 9. The standard InChI is InChI=1S/C23H30ClN7S2/c1-16(2)28-21(14-25)33-30-23(27-12-13-32-26)31-15-20(17-6-4-3-5-7-17)22(29-31)18-8-10-19(24)11-9-18/h3-11,14,16,20,28H,12-13,15,25-26H2,1-2H3,(H,27,30)/b21-14+. The van der Waals surface area contributed by atoms with Gasteiger partial charge in [0.25, 0.3) is 0 Å². The molecule has 0 amide bonds. The molecule has 0 saturated carbocycles. The van der Waals surface area contributed by atoms with E-state index in [1.54, 1.807) is 6.20 Å². The molecular weight excluding hydrogens is 474 g/mol. The van der Waals surface area contributed by atoms with Crippen molar-refractivity contribution in [2.45, 2.75) is 25.8 Å². The highest BCUT2D eigenvalue weighted by atomic mass is 35.5. The van der Waals surface area contributed by atoms with Crippen LogP contribution in [0.2, 0.25) is 5.02 Å². The van der Waals surface area contributed by atoms with Crippen LogP contribution in [0.5, 0.6) is 0 Å². The summed E-state index contributed by atoms with van der Waals surface area (Å²) in [6, 6.07) is 18.4. The van der Waals surface area contributed by atoms with Crippen LogP contribution in [-0.4, -0.2) is 41.6 Å². The van der Waals surface area contributed by atoms with Crippen molar-refractivity contribution in [1.82, 2.24) is 15.0 Å². The van der Waals surface area contributed by atoms with E-state index in [1.807, 2.05) is 35.3 Å². The predicted octanol–water partition coefficient (Wildman–Crippen LogP) is 4.10. The smallest absolute Gasteiger partial charge is 0.225 e. The molecule has 33 heavy (non-hydrogen) atoms. The van der Waals surface area contributed by atoms with E-state index in [0.717, 1.165) is 16.3 Å². The van der Waals surface area contributed by atoms with Crippen LogP contribution in [0, 0.1) is 0 Å². The fourth-order valence-electron chi connectivity index (χ4n) is 3.33. The Hall–Kier alpha value is -2.33. The molecule has 1 heterocycles. The van der Waals surface area contributed by atoms with Crippen molar-refractivity contribution in [2.24, 2.45) is 21.0 Å². The SMILES string of the molecule is CC(C)N/C(=C\N)SNC(=NCCSN)N1CC(c2ccccc2)C(c2ccc(Cl)cc2)=N1. The highest BCUT2D eigenvalue weighted by molar-refractivity contribution is 8.01. The van der Waals surface area contributed by atoms with Crippen molar-refractivity contribution >= 4 is 47.2 Å². The minimum atomic E-state index is 0.0894. The maximum Gasteiger partial charge on any atom is 0.225 e. The molecule has 7 nitrogen and oxygen atoms in total. The molecule has 1 aliphatic heterocycles. The largest absolute Gasteiger partial charge is 0.402 e. The molecular formula is C23H30ClN7S2. The van der Waals surface area contributed by atoms with Crippen molar-refractivity contribution in [2.75, 3.05) is 18.8 Å². The summed E-state index contributed by atoms with van der Waals surface area (Å²) in [6.45, 7) is 5.35. The van der Waals surface area contributed by atoms with E-state index >= 15 is 0 Å². The first-order valence-electron chi connectivity index (χ1n) is 10.7. The molecule has 0 bridgehead atoms. The molecule has 2 aromatic carbocycles. The molecule has 0 spiro atoms. The third-order valence-electron chi connectivity index (χ3n) is 4.81. The zero-order chi connectivity index (χ0) is 23.6. The van der Waals surface area contributed by atoms with E-state index in [0.29, 0.717) is 29.8 Å². The molecule has 176 valence electrons. The first-order chi connectivity index (χ1) is 16.0. The van der Waals surface area contributed by atoms with Crippen molar-refractivity contribution in [3.05, 3.63) is 82.0 Å². The summed E-state index contributed by atoms with van der Waals surface area (Å²) >= 11 is 8.77. The summed E-state index contributed by atoms with van der Waals surface area (Å²) in [7, 11) is 0. The number of hydrogen-bond acceptors (Lipinski definition) is 7. The molecule has 1 aliphatic rings. The lowest BCUT2D eigenvalue weighted by Gasteiger charge is -2.20. The van der Waals surface area contributed by atoms with Gasteiger partial charge in [-0.1, -0.05) is 66.0 Å². The van der Waals surface area contributed by atoms with Crippen molar-refractivity contribution in [3.8, 4) is 0 Å². The Labute approximate surface area is 209 Å². The Morgan fingerprint density at radius 1 is 1.24 bits per heavy atom. The highest BCUT2D eigenvalue weighted by Gasteiger charge is 2.31. The lowest BCUT2D eigenvalue weighted by molar-refractivity contribution is 0.464. The molecule has 0 saturated heterocycles. The van der Waals surface area contributed by atoms with Crippen LogP contribution >= 0.6 is 35.5 Å². The van der Waals surface area contributed by atoms with Gasteiger partial charge < -0.3 is 11.1 Å². The number of halogens is 1. The second-order valence-electron chi connectivity index (χ2n) is 7.65. The Morgan fingerprint density at radius 2 is 1.97 bits per heavy atom. The Bertz CT molecular complexity index is 978. The van der Waals surface area contributed by atoms with Crippen molar-refractivity contribution < 1.29 is 0 Å². The first kappa shape index (κ1) is 25.3. The number of nitrogens with one attached hydrogen (secondary N) is 2. The van der Waals surface area contributed by atoms with E-state index in [9.17, 15) is 0 Å². The predicted molar refractivity (Wildman–Crippen MR) is 144 cm³/mol. The molecule has 3 rings (SSSR count). The van der Waals surface area contributed by atoms with Gasteiger partial charge in [0.15, 0.2) is 0 Å². The molecule has 0 radical (unpaired) electrons. The van der Waals surface area contributed by atoms with Gasteiger partial charge >= 0.3 is 0 Å². The monoisotopic (exact) mass is 503 g/mol. The number of hydrogen-bond donors (Lipinski definition) is 4. The molecule has 10 heteroatoms. The van der Waals surface area contributed by atoms with E-state index in [4.69, 9.17) is 32.6 Å². The van der Waals surface area contributed by atoms with Gasteiger partial charge in [0.1, 0.15) is 5.03 Å². The fourth-order valence-corrected chi connectivity index (χ4v) is 4.39. The number of benzene rings is 2. The third-order valence-corrected chi connectivity index (χ3v) is 6.23. The van der Waals surface area contributed by atoms with Crippen molar-refractivity contribution in [3.63, 3.8) is 0 Å². The average molecular weight is 504 g/mol. The van der Waals surface area contributed by atoms with Gasteiger partial charge in [-0.25, -0.2) is 10.0 Å². The Balaban J connectivity index is 1.90. The van der Waals surface area contributed by atoms with Crippen LogP contribution in [-0.2, 0) is 0 Å². The summed E-state index contributed by atoms with van der Waals surface area (Å²) in [4.78, 5) is 4.74. The maximum atomic E-state index is 6.13. The second kappa shape index (κ2) is 12.8. The zero-order valence-electron chi connectivity index (χ0n) is 18.7. The van der Waals surface area contributed by atoms with Crippen LogP contribution in [0.1, 0.15) is 30.9 Å². The van der Waals surface area contributed by atoms with Crippen molar-refractivity contribution in [1.29, 1.82) is 0 Å². The van der Waals surface area contributed by atoms with Crippen LogP contribution in [0.3, 0.4) is 0 Å². The van der Waals surface area contributed by atoms with Gasteiger partial charge in [-0.05, 0) is 37.1 Å². The van der Waals surface area contributed by atoms with Crippen LogP contribution in [0.15, 0.2) is 75.9 Å². The van der Waals surface area contributed by atoms with E-state index in [-0.39, 0.29) is 12.0 Å². The van der Waals surface area contributed by atoms with Gasteiger partial charge in [-0.3, -0.25) is 9.86 Å². The van der Waals surface area contributed by atoms with E-state index in [1.165, 1.54) is 29.5 Å². The summed E-state index contributed by atoms with van der Waals surface area (Å²) < 4.78 is 3.33.